The van der Waals surface area contributed by atoms with Gasteiger partial charge in [-0.25, -0.2) is 0 Å². The van der Waals surface area contributed by atoms with E-state index in [9.17, 15) is 5.11 Å². The highest BCUT2D eigenvalue weighted by Gasteiger charge is 2.27. The highest BCUT2D eigenvalue weighted by atomic mass is 16.5. The molecule has 3 nitrogen and oxygen atoms in total. The lowest BCUT2D eigenvalue weighted by atomic mass is 10.1. The summed E-state index contributed by atoms with van der Waals surface area (Å²) in [6.07, 6.45) is 2.71. The van der Waals surface area contributed by atoms with E-state index in [-0.39, 0.29) is 5.75 Å². The predicted molar refractivity (Wildman–Crippen MR) is 63.7 cm³/mol. The molecule has 0 radical (unpaired) electrons. The second-order valence-corrected chi connectivity index (χ2v) is 4.51. The molecule has 88 valence electrons. The summed E-state index contributed by atoms with van der Waals surface area (Å²) in [4.78, 5) is 0. The first-order valence-electron chi connectivity index (χ1n) is 5.80. The number of phenolic OH excluding ortho intramolecular Hbond substituents is 1. The highest BCUT2D eigenvalue weighted by molar-refractivity contribution is 5.41. The SMILES string of the molecule is COc1cc(CNC(C)C2CC2)ccc1O. The molecule has 0 aromatic heterocycles. The van der Waals surface area contributed by atoms with Gasteiger partial charge in [-0.1, -0.05) is 6.07 Å². The summed E-state index contributed by atoms with van der Waals surface area (Å²) in [7, 11) is 1.57. The van der Waals surface area contributed by atoms with E-state index in [1.165, 1.54) is 12.8 Å². The van der Waals surface area contributed by atoms with Gasteiger partial charge in [-0.05, 0) is 43.4 Å². The molecule has 1 aliphatic carbocycles. The topological polar surface area (TPSA) is 41.5 Å². The maximum atomic E-state index is 9.47. The van der Waals surface area contributed by atoms with Crippen molar-refractivity contribution >= 4 is 0 Å². The van der Waals surface area contributed by atoms with E-state index in [4.69, 9.17) is 4.74 Å². The van der Waals surface area contributed by atoms with Gasteiger partial charge in [0.15, 0.2) is 11.5 Å². The number of benzene rings is 1. The van der Waals surface area contributed by atoms with Crippen molar-refractivity contribution in [3.63, 3.8) is 0 Å². The molecule has 0 heterocycles. The minimum Gasteiger partial charge on any atom is -0.504 e. The zero-order valence-electron chi connectivity index (χ0n) is 9.86. The Kier molecular flexibility index (Phi) is 3.34. The molecule has 1 aromatic rings. The van der Waals surface area contributed by atoms with Crippen LogP contribution in [0, 0.1) is 5.92 Å². The van der Waals surface area contributed by atoms with Gasteiger partial charge in [-0.15, -0.1) is 0 Å². The molecule has 1 aliphatic rings. The summed E-state index contributed by atoms with van der Waals surface area (Å²) in [5.74, 6) is 1.60. The van der Waals surface area contributed by atoms with Crippen LogP contribution < -0.4 is 10.1 Å². The van der Waals surface area contributed by atoms with Crippen molar-refractivity contribution in [3.8, 4) is 11.5 Å². The molecular formula is C13H19NO2. The zero-order chi connectivity index (χ0) is 11.5. The maximum Gasteiger partial charge on any atom is 0.160 e. The standard InChI is InChI=1S/C13H19NO2/c1-9(11-4-5-11)14-8-10-3-6-12(15)13(7-10)16-2/h3,6-7,9,11,14-15H,4-5,8H2,1-2H3. The van der Waals surface area contributed by atoms with Gasteiger partial charge in [0.2, 0.25) is 0 Å². The molecule has 0 spiro atoms. The van der Waals surface area contributed by atoms with Gasteiger partial charge in [-0.2, -0.15) is 0 Å². The Bertz CT molecular complexity index is 361. The van der Waals surface area contributed by atoms with Gasteiger partial charge in [-0.3, -0.25) is 0 Å². The highest BCUT2D eigenvalue weighted by Crippen LogP contribution is 2.32. The number of hydrogen-bond acceptors (Lipinski definition) is 3. The quantitative estimate of drug-likeness (QED) is 0.801. The normalized spacial score (nSPS) is 17.1. The molecule has 2 N–H and O–H groups in total. The molecule has 1 aromatic carbocycles. The fourth-order valence-corrected chi connectivity index (χ4v) is 1.87. The lowest BCUT2D eigenvalue weighted by molar-refractivity contribution is 0.372. The number of methoxy groups -OCH3 is 1. The third-order valence-corrected chi connectivity index (χ3v) is 3.20. The van der Waals surface area contributed by atoms with Crippen molar-refractivity contribution in [1.82, 2.24) is 5.32 Å². The van der Waals surface area contributed by atoms with E-state index in [0.29, 0.717) is 11.8 Å². The Morgan fingerprint density at radius 1 is 1.50 bits per heavy atom. The van der Waals surface area contributed by atoms with E-state index in [1.54, 1.807) is 13.2 Å². The van der Waals surface area contributed by atoms with Crippen LogP contribution in [0.3, 0.4) is 0 Å². The fraction of sp³-hybridized carbons (Fsp3) is 0.538. The molecule has 16 heavy (non-hydrogen) atoms. The number of hydrogen-bond donors (Lipinski definition) is 2. The smallest absolute Gasteiger partial charge is 0.160 e. The van der Waals surface area contributed by atoms with Crippen LogP contribution in [-0.2, 0) is 6.54 Å². The monoisotopic (exact) mass is 221 g/mol. The Hall–Kier alpha value is -1.22. The van der Waals surface area contributed by atoms with Crippen molar-refractivity contribution in [3.05, 3.63) is 23.8 Å². The van der Waals surface area contributed by atoms with Crippen LogP contribution >= 0.6 is 0 Å². The van der Waals surface area contributed by atoms with Gasteiger partial charge < -0.3 is 15.2 Å². The van der Waals surface area contributed by atoms with Crippen LogP contribution in [0.15, 0.2) is 18.2 Å². The number of ether oxygens (including phenoxy) is 1. The molecule has 1 atom stereocenters. The molecule has 1 saturated carbocycles. The summed E-state index contributed by atoms with van der Waals surface area (Å²) in [5, 5.41) is 13.0. The molecule has 2 rings (SSSR count). The van der Waals surface area contributed by atoms with Crippen LogP contribution in [0.25, 0.3) is 0 Å². The van der Waals surface area contributed by atoms with E-state index in [0.717, 1.165) is 18.0 Å². The first-order chi connectivity index (χ1) is 7.70. The third kappa shape index (κ3) is 2.67. The summed E-state index contributed by atoms with van der Waals surface area (Å²) < 4.78 is 5.07. The van der Waals surface area contributed by atoms with Crippen LogP contribution in [0.1, 0.15) is 25.3 Å². The van der Waals surface area contributed by atoms with Gasteiger partial charge in [0, 0.05) is 12.6 Å². The fourth-order valence-electron chi connectivity index (χ4n) is 1.87. The Balaban J connectivity index is 1.93. The molecule has 1 fully saturated rings. The van der Waals surface area contributed by atoms with Crippen molar-refractivity contribution in [2.45, 2.75) is 32.4 Å². The molecule has 0 amide bonds. The van der Waals surface area contributed by atoms with Crippen LogP contribution in [0.2, 0.25) is 0 Å². The van der Waals surface area contributed by atoms with Crippen LogP contribution in [0.5, 0.6) is 11.5 Å². The average molecular weight is 221 g/mol. The first kappa shape index (κ1) is 11.3. The molecule has 0 aliphatic heterocycles. The van der Waals surface area contributed by atoms with Gasteiger partial charge in [0.25, 0.3) is 0 Å². The molecule has 3 heteroatoms. The maximum absolute atomic E-state index is 9.47. The predicted octanol–water partition coefficient (Wildman–Crippen LogP) is 2.29. The average Bonchev–Trinajstić information content (AvgIpc) is 3.11. The van der Waals surface area contributed by atoms with Crippen LogP contribution in [0.4, 0.5) is 0 Å². The number of nitrogens with one attached hydrogen (secondary N) is 1. The van der Waals surface area contributed by atoms with Crippen molar-refractivity contribution < 1.29 is 9.84 Å². The molecular weight excluding hydrogens is 202 g/mol. The number of aromatic hydroxyl groups is 1. The van der Waals surface area contributed by atoms with Crippen molar-refractivity contribution in [2.24, 2.45) is 5.92 Å². The van der Waals surface area contributed by atoms with E-state index in [2.05, 4.69) is 12.2 Å². The van der Waals surface area contributed by atoms with E-state index >= 15 is 0 Å². The Morgan fingerprint density at radius 2 is 2.25 bits per heavy atom. The van der Waals surface area contributed by atoms with Crippen LogP contribution in [-0.4, -0.2) is 18.3 Å². The number of phenols is 1. The molecule has 0 saturated heterocycles. The Morgan fingerprint density at radius 3 is 2.88 bits per heavy atom. The molecule has 1 unspecified atom stereocenters. The minimum absolute atomic E-state index is 0.196. The minimum atomic E-state index is 0.196. The van der Waals surface area contributed by atoms with Crippen molar-refractivity contribution in [2.75, 3.05) is 7.11 Å². The lowest BCUT2D eigenvalue weighted by Gasteiger charge is -2.13. The Labute approximate surface area is 96.4 Å². The van der Waals surface area contributed by atoms with Gasteiger partial charge in [0.05, 0.1) is 7.11 Å². The summed E-state index contributed by atoms with van der Waals surface area (Å²) in [6.45, 7) is 3.06. The van der Waals surface area contributed by atoms with E-state index in [1.807, 2.05) is 12.1 Å². The summed E-state index contributed by atoms with van der Waals surface area (Å²) in [5.41, 5.74) is 1.14. The van der Waals surface area contributed by atoms with E-state index < -0.39 is 0 Å². The largest absolute Gasteiger partial charge is 0.504 e. The number of rotatable bonds is 5. The first-order valence-corrected chi connectivity index (χ1v) is 5.80. The van der Waals surface area contributed by atoms with Gasteiger partial charge >= 0.3 is 0 Å². The second-order valence-electron chi connectivity index (χ2n) is 4.51. The van der Waals surface area contributed by atoms with Gasteiger partial charge in [0.1, 0.15) is 0 Å². The summed E-state index contributed by atoms with van der Waals surface area (Å²) in [6, 6.07) is 6.06. The van der Waals surface area contributed by atoms with Crippen molar-refractivity contribution in [1.29, 1.82) is 0 Å². The third-order valence-electron chi connectivity index (χ3n) is 3.20. The second kappa shape index (κ2) is 4.74. The summed E-state index contributed by atoms with van der Waals surface area (Å²) >= 11 is 0. The lowest BCUT2D eigenvalue weighted by Crippen LogP contribution is -2.27. The molecule has 0 bridgehead atoms. The zero-order valence-corrected chi connectivity index (χ0v) is 9.86.